The van der Waals surface area contributed by atoms with Gasteiger partial charge in [0.2, 0.25) is 5.91 Å². The number of carbonyl (C=O) groups is 1. The van der Waals surface area contributed by atoms with Crippen LogP contribution in [0.15, 0.2) is 17.5 Å². The number of amides is 1. The molecule has 0 aromatic carbocycles. The SMILES string of the molecule is O=C(NCc1cccs1)[C@@H]1CCO[C@@H]2CCN(C3CCC3)C[C@@H]21. The van der Waals surface area contributed by atoms with E-state index in [1.54, 1.807) is 11.3 Å². The molecule has 5 heteroatoms. The Balaban J connectivity index is 1.38. The number of hydrogen-bond acceptors (Lipinski definition) is 4. The molecule has 3 fully saturated rings. The zero-order valence-electron chi connectivity index (χ0n) is 13.6. The second-order valence-electron chi connectivity index (χ2n) is 7.13. The Morgan fingerprint density at radius 1 is 1.35 bits per heavy atom. The average molecular weight is 334 g/mol. The lowest BCUT2D eigenvalue weighted by Crippen LogP contribution is -2.56. The van der Waals surface area contributed by atoms with Crippen LogP contribution in [0.2, 0.25) is 0 Å². The monoisotopic (exact) mass is 334 g/mol. The summed E-state index contributed by atoms with van der Waals surface area (Å²) in [5, 5.41) is 5.22. The van der Waals surface area contributed by atoms with Crippen molar-refractivity contribution in [3.8, 4) is 0 Å². The van der Waals surface area contributed by atoms with Gasteiger partial charge in [0.15, 0.2) is 0 Å². The van der Waals surface area contributed by atoms with Gasteiger partial charge < -0.3 is 10.1 Å². The number of fused-ring (bicyclic) bond motifs is 1. The lowest BCUT2D eigenvalue weighted by Gasteiger charge is -2.48. The number of hydrogen-bond donors (Lipinski definition) is 1. The second-order valence-corrected chi connectivity index (χ2v) is 8.17. The first-order valence-corrected chi connectivity index (χ1v) is 9.85. The summed E-state index contributed by atoms with van der Waals surface area (Å²) in [5.74, 6) is 0.727. The third kappa shape index (κ3) is 3.32. The maximum Gasteiger partial charge on any atom is 0.223 e. The number of thiophene rings is 1. The van der Waals surface area contributed by atoms with Gasteiger partial charge in [0.25, 0.3) is 0 Å². The molecule has 1 aromatic rings. The number of nitrogens with one attached hydrogen (secondary N) is 1. The summed E-state index contributed by atoms with van der Waals surface area (Å²) in [5.41, 5.74) is 0. The molecule has 1 saturated carbocycles. The molecule has 3 heterocycles. The Bertz CT molecular complexity index is 529. The molecule has 126 valence electrons. The summed E-state index contributed by atoms with van der Waals surface area (Å²) >= 11 is 1.70. The molecule has 1 amide bonds. The van der Waals surface area contributed by atoms with Crippen LogP contribution in [0, 0.1) is 11.8 Å². The smallest absolute Gasteiger partial charge is 0.223 e. The van der Waals surface area contributed by atoms with Gasteiger partial charge in [-0.3, -0.25) is 9.69 Å². The highest BCUT2D eigenvalue weighted by molar-refractivity contribution is 7.09. The maximum absolute atomic E-state index is 12.7. The van der Waals surface area contributed by atoms with Crippen molar-refractivity contribution in [3.05, 3.63) is 22.4 Å². The summed E-state index contributed by atoms with van der Waals surface area (Å²) in [6.07, 6.45) is 6.31. The van der Waals surface area contributed by atoms with Gasteiger partial charge in [0.1, 0.15) is 0 Å². The van der Waals surface area contributed by atoms with Gasteiger partial charge in [0, 0.05) is 42.5 Å². The van der Waals surface area contributed by atoms with E-state index in [2.05, 4.69) is 21.7 Å². The topological polar surface area (TPSA) is 41.6 Å². The van der Waals surface area contributed by atoms with Crippen molar-refractivity contribution in [2.75, 3.05) is 19.7 Å². The maximum atomic E-state index is 12.7. The lowest BCUT2D eigenvalue weighted by molar-refractivity contribution is -0.144. The Kier molecular flexibility index (Phi) is 4.69. The van der Waals surface area contributed by atoms with Gasteiger partial charge in [-0.05, 0) is 37.1 Å². The van der Waals surface area contributed by atoms with Crippen LogP contribution in [-0.4, -0.2) is 42.6 Å². The normalized spacial score (nSPS) is 32.1. The number of likely N-dealkylation sites (tertiary alicyclic amines) is 1. The minimum Gasteiger partial charge on any atom is -0.378 e. The van der Waals surface area contributed by atoms with E-state index in [-0.39, 0.29) is 17.9 Å². The van der Waals surface area contributed by atoms with E-state index in [9.17, 15) is 4.79 Å². The van der Waals surface area contributed by atoms with Crippen molar-refractivity contribution in [1.82, 2.24) is 10.2 Å². The zero-order valence-corrected chi connectivity index (χ0v) is 14.4. The molecule has 3 aliphatic rings. The van der Waals surface area contributed by atoms with E-state index in [0.29, 0.717) is 12.5 Å². The molecule has 0 spiro atoms. The predicted molar refractivity (Wildman–Crippen MR) is 91.3 cm³/mol. The lowest BCUT2D eigenvalue weighted by atomic mass is 9.77. The van der Waals surface area contributed by atoms with Crippen LogP contribution in [0.25, 0.3) is 0 Å². The second kappa shape index (κ2) is 6.91. The molecule has 0 radical (unpaired) electrons. The van der Waals surface area contributed by atoms with Crippen LogP contribution in [0.5, 0.6) is 0 Å². The van der Waals surface area contributed by atoms with E-state index in [1.807, 2.05) is 6.07 Å². The Labute approximate surface area is 142 Å². The summed E-state index contributed by atoms with van der Waals surface area (Å²) in [4.78, 5) is 16.6. The molecule has 1 aromatic heterocycles. The number of rotatable bonds is 4. The molecular weight excluding hydrogens is 308 g/mol. The summed E-state index contributed by atoms with van der Waals surface area (Å²) in [6.45, 7) is 3.60. The van der Waals surface area contributed by atoms with Crippen LogP contribution in [0.1, 0.15) is 37.0 Å². The molecule has 3 atom stereocenters. The van der Waals surface area contributed by atoms with E-state index in [0.717, 1.165) is 38.6 Å². The Morgan fingerprint density at radius 2 is 2.26 bits per heavy atom. The van der Waals surface area contributed by atoms with Gasteiger partial charge in [0.05, 0.1) is 12.6 Å². The van der Waals surface area contributed by atoms with Crippen molar-refractivity contribution in [2.45, 2.75) is 50.8 Å². The number of ether oxygens (including phenoxy) is 1. The van der Waals surface area contributed by atoms with Crippen LogP contribution in [0.3, 0.4) is 0 Å². The van der Waals surface area contributed by atoms with Gasteiger partial charge in [-0.25, -0.2) is 0 Å². The summed E-state index contributed by atoms with van der Waals surface area (Å²) in [7, 11) is 0. The molecule has 23 heavy (non-hydrogen) atoms. The fourth-order valence-corrected chi connectivity index (χ4v) is 4.91. The molecule has 0 unspecified atom stereocenters. The number of carbonyl (C=O) groups excluding carboxylic acids is 1. The minimum atomic E-state index is 0.122. The van der Waals surface area contributed by atoms with E-state index in [4.69, 9.17) is 4.74 Å². The van der Waals surface area contributed by atoms with Gasteiger partial charge in [-0.2, -0.15) is 0 Å². The zero-order chi connectivity index (χ0) is 15.6. The largest absolute Gasteiger partial charge is 0.378 e. The van der Waals surface area contributed by atoms with Gasteiger partial charge in [-0.15, -0.1) is 11.3 Å². The van der Waals surface area contributed by atoms with Gasteiger partial charge >= 0.3 is 0 Å². The number of piperidine rings is 1. The average Bonchev–Trinajstić information content (AvgIpc) is 3.04. The van der Waals surface area contributed by atoms with E-state index in [1.165, 1.54) is 24.1 Å². The van der Waals surface area contributed by atoms with Crippen molar-refractivity contribution >= 4 is 17.2 Å². The van der Waals surface area contributed by atoms with Crippen LogP contribution in [0.4, 0.5) is 0 Å². The molecule has 1 N–H and O–H groups in total. The molecular formula is C18H26N2O2S. The first-order valence-electron chi connectivity index (χ1n) is 8.97. The van der Waals surface area contributed by atoms with Crippen LogP contribution in [-0.2, 0) is 16.1 Å². The fraction of sp³-hybridized carbons (Fsp3) is 0.722. The van der Waals surface area contributed by atoms with Crippen molar-refractivity contribution in [2.24, 2.45) is 11.8 Å². The number of nitrogens with zero attached hydrogens (tertiary/aromatic N) is 1. The first kappa shape index (κ1) is 15.6. The third-order valence-electron chi connectivity index (χ3n) is 5.85. The van der Waals surface area contributed by atoms with E-state index < -0.39 is 0 Å². The predicted octanol–water partition coefficient (Wildman–Crippen LogP) is 2.64. The molecule has 2 aliphatic heterocycles. The molecule has 0 bridgehead atoms. The highest BCUT2D eigenvalue weighted by Gasteiger charge is 2.43. The molecule has 4 rings (SSSR count). The first-order chi connectivity index (χ1) is 11.3. The highest BCUT2D eigenvalue weighted by Crippen LogP contribution is 2.36. The quantitative estimate of drug-likeness (QED) is 0.920. The fourth-order valence-electron chi connectivity index (χ4n) is 4.27. The molecule has 1 aliphatic carbocycles. The van der Waals surface area contributed by atoms with Crippen molar-refractivity contribution < 1.29 is 9.53 Å². The third-order valence-corrected chi connectivity index (χ3v) is 6.72. The van der Waals surface area contributed by atoms with Crippen molar-refractivity contribution in [3.63, 3.8) is 0 Å². The summed E-state index contributed by atoms with van der Waals surface area (Å²) in [6, 6.07) is 4.89. The van der Waals surface area contributed by atoms with E-state index >= 15 is 0 Å². The Morgan fingerprint density at radius 3 is 3.00 bits per heavy atom. The standard InChI is InChI=1S/C18H26N2O2S/c21-18(19-11-14-5-2-10-23-14)15-7-9-22-17-6-8-20(12-16(15)17)13-3-1-4-13/h2,5,10,13,15-17H,1,3-4,6-9,11-12H2,(H,19,21)/t15-,16-,17-/m1/s1. The Hall–Kier alpha value is -0.910. The summed E-state index contributed by atoms with van der Waals surface area (Å²) < 4.78 is 5.99. The minimum absolute atomic E-state index is 0.122. The highest BCUT2D eigenvalue weighted by atomic mass is 32.1. The molecule has 4 nitrogen and oxygen atoms in total. The van der Waals surface area contributed by atoms with Crippen LogP contribution >= 0.6 is 11.3 Å². The molecule has 2 saturated heterocycles. The van der Waals surface area contributed by atoms with Crippen LogP contribution < -0.4 is 5.32 Å². The van der Waals surface area contributed by atoms with Gasteiger partial charge in [-0.1, -0.05) is 12.5 Å². The van der Waals surface area contributed by atoms with Crippen molar-refractivity contribution in [1.29, 1.82) is 0 Å².